The minimum absolute atomic E-state index is 0.316. The zero-order valence-electron chi connectivity index (χ0n) is 10.2. The van der Waals surface area contributed by atoms with Gasteiger partial charge in [0.2, 0.25) is 5.89 Å². The molecular weight excluding hydrogens is 229 g/mol. The van der Waals surface area contributed by atoms with E-state index < -0.39 is 0 Å². The van der Waals surface area contributed by atoms with Crippen molar-refractivity contribution in [3.63, 3.8) is 0 Å². The van der Waals surface area contributed by atoms with Gasteiger partial charge in [-0.2, -0.15) is 0 Å². The molecule has 0 saturated heterocycles. The summed E-state index contributed by atoms with van der Waals surface area (Å²) in [6, 6.07) is 10.6. The summed E-state index contributed by atoms with van der Waals surface area (Å²) in [6.07, 6.45) is 0. The average Bonchev–Trinajstić information content (AvgIpc) is 2.74. The van der Waals surface area contributed by atoms with E-state index in [1.54, 1.807) is 12.1 Å². The molecule has 0 unspecified atom stereocenters. The number of fused-ring (bicyclic) bond motifs is 1. The Morgan fingerprint density at radius 3 is 2.56 bits per heavy atom. The molecule has 0 saturated carbocycles. The molecule has 0 spiro atoms. The smallest absolute Gasteiger partial charge is 0.230 e. The molecule has 2 nitrogen and oxygen atoms in total. The number of aromatic nitrogens is 1. The van der Waals surface area contributed by atoms with Gasteiger partial charge in [-0.25, -0.2) is 9.37 Å². The van der Waals surface area contributed by atoms with Gasteiger partial charge in [-0.3, -0.25) is 0 Å². The molecule has 0 aliphatic heterocycles. The van der Waals surface area contributed by atoms with Crippen LogP contribution in [0.4, 0.5) is 4.39 Å². The van der Waals surface area contributed by atoms with Gasteiger partial charge < -0.3 is 4.42 Å². The molecule has 0 atom stereocenters. The van der Waals surface area contributed by atoms with Crippen LogP contribution in [0, 0.1) is 19.7 Å². The lowest BCUT2D eigenvalue weighted by molar-refractivity contribution is 0.593. The third-order valence-corrected chi connectivity index (χ3v) is 2.90. The van der Waals surface area contributed by atoms with E-state index in [1.807, 2.05) is 32.0 Å². The monoisotopic (exact) mass is 241 g/mol. The summed E-state index contributed by atoms with van der Waals surface area (Å²) in [5.41, 5.74) is 3.92. The highest BCUT2D eigenvalue weighted by atomic mass is 19.1. The summed E-state index contributed by atoms with van der Waals surface area (Å²) in [5, 5.41) is 0. The van der Waals surface area contributed by atoms with Crippen LogP contribution in [0.3, 0.4) is 0 Å². The first-order chi connectivity index (χ1) is 8.63. The number of hydrogen-bond acceptors (Lipinski definition) is 2. The SMILES string of the molecule is Cc1ccc(F)c(-c2nc3cc(C)ccc3o2)c1. The molecule has 0 radical (unpaired) electrons. The van der Waals surface area contributed by atoms with Crippen molar-refractivity contribution in [3.05, 3.63) is 53.3 Å². The standard InChI is InChI=1S/C15H12FNO/c1-9-3-5-12(16)11(7-9)15-17-13-8-10(2)4-6-14(13)18-15/h3-8H,1-2H3. The molecule has 2 aromatic carbocycles. The van der Waals surface area contributed by atoms with Crippen LogP contribution in [0.15, 0.2) is 40.8 Å². The number of nitrogens with zero attached hydrogens (tertiary/aromatic N) is 1. The Labute approximate surface area is 104 Å². The Bertz CT molecular complexity index is 730. The van der Waals surface area contributed by atoms with E-state index in [0.29, 0.717) is 17.0 Å². The van der Waals surface area contributed by atoms with Crippen LogP contribution >= 0.6 is 0 Å². The number of hydrogen-bond donors (Lipinski definition) is 0. The minimum Gasteiger partial charge on any atom is -0.436 e. The summed E-state index contributed by atoms with van der Waals surface area (Å²) in [5.74, 6) is 0.0145. The summed E-state index contributed by atoms with van der Waals surface area (Å²) >= 11 is 0. The van der Waals surface area contributed by atoms with Gasteiger partial charge in [-0.1, -0.05) is 17.7 Å². The van der Waals surface area contributed by atoms with Crippen molar-refractivity contribution in [2.24, 2.45) is 0 Å². The van der Waals surface area contributed by atoms with E-state index in [9.17, 15) is 4.39 Å². The Hall–Kier alpha value is -2.16. The fourth-order valence-electron chi connectivity index (χ4n) is 1.96. The zero-order valence-corrected chi connectivity index (χ0v) is 10.2. The van der Waals surface area contributed by atoms with Crippen molar-refractivity contribution in [1.29, 1.82) is 0 Å². The maximum Gasteiger partial charge on any atom is 0.230 e. The van der Waals surface area contributed by atoms with Gasteiger partial charge in [0.1, 0.15) is 11.3 Å². The molecule has 0 aliphatic rings. The topological polar surface area (TPSA) is 26.0 Å². The van der Waals surface area contributed by atoms with E-state index in [1.165, 1.54) is 6.07 Å². The van der Waals surface area contributed by atoms with Gasteiger partial charge >= 0.3 is 0 Å². The summed E-state index contributed by atoms with van der Waals surface area (Å²) in [4.78, 5) is 4.34. The molecule has 0 amide bonds. The quantitative estimate of drug-likeness (QED) is 0.636. The average molecular weight is 241 g/mol. The van der Waals surface area contributed by atoms with Gasteiger partial charge in [-0.05, 0) is 43.7 Å². The number of benzene rings is 2. The van der Waals surface area contributed by atoms with Crippen molar-refractivity contribution < 1.29 is 8.81 Å². The van der Waals surface area contributed by atoms with E-state index in [-0.39, 0.29) is 5.82 Å². The second kappa shape index (κ2) is 3.95. The second-order valence-electron chi connectivity index (χ2n) is 4.47. The molecular formula is C15H12FNO. The molecule has 0 fully saturated rings. The van der Waals surface area contributed by atoms with Gasteiger partial charge in [0, 0.05) is 0 Å². The van der Waals surface area contributed by atoms with Crippen LogP contribution < -0.4 is 0 Å². The molecule has 0 bridgehead atoms. The molecule has 3 aromatic rings. The van der Waals surface area contributed by atoms with Crippen LogP contribution in [0.25, 0.3) is 22.6 Å². The molecule has 0 aliphatic carbocycles. The number of aryl methyl sites for hydroxylation is 2. The second-order valence-corrected chi connectivity index (χ2v) is 4.47. The predicted molar refractivity (Wildman–Crippen MR) is 68.9 cm³/mol. The normalized spacial score (nSPS) is 11.1. The number of oxazole rings is 1. The van der Waals surface area contributed by atoms with E-state index in [0.717, 1.165) is 16.6 Å². The summed E-state index contributed by atoms with van der Waals surface area (Å²) in [7, 11) is 0. The maximum atomic E-state index is 13.8. The van der Waals surface area contributed by atoms with Crippen LogP contribution in [0.5, 0.6) is 0 Å². The fraction of sp³-hybridized carbons (Fsp3) is 0.133. The van der Waals surface area contributed by atoms with Gasteiger partial charge in [0.25, 0.3) is 0 Å². The first-order valence-electron chi connectivity index (χ1n) is 5.77. The Morgan fingerprint density at radius 1 is 1.00 bits per heavy atom. The molecule has 3 heteroatoms. The van der Waals surface area contributed by atoms with Crippen LogP contribution in [-0.2, 0) is 0 Å². The summed E-state index contributed by atoms with van der Waals surface area (Å²) in [6.45, 7) is 3.90. The van der Waals surface area contributed by atoms with Gasteiger partial charge in [0.05, 0.1) is 5.56 Å². The lowest BCUT2D eigenvalue weighted by Gasteiger charge is -1.99. The highest BCUT2D eigenvalue weighted by Crippen LogP contribution is 2.27. The lowest BCUT2D eigenvalue weighted by atomic mass is 10.1. The molecule has 1 heterocycles. The van der Waals surface area contributed by atoms with Crippen molar-refractivity contribution in [3.8, 4) is 11.5 Å². The molecule has 1 aromatic heterocycles. The predicted octanol–water partition coefficient (Wildman–Crippen LogP) is 4.25. The highest BCUT2D eigenvalue weighted by Gasteiger charge is 2.12. The third kappa shape index (κ3) is 1.78. The van der Waals surface area contributed by atoms with Crippen LogP contribution in [0.2, 0.25) is 0 Å². The van der Waals surface area contributed by atoms with E-state index in [2.05, 4.69) is 4.98 Å². The van der Waals surface area contributed by atoms with Gasteiger partial charge in [-0.15, -0.1) is 0 Å². The van der Waals surface area contributed by atoms with E-state index in [4.69, 9.17) is 4.42 Å². The minimum atomic E-state index is -0.316. The van der Waals surface area contributed by atoms with Crippen LogP contribution in [0.1, 0.15) is 11.1 Å². The first kappa shape index (κ1) is 11.0. The molecule has 18 heavy (non-hydrogen) atoms. The Kier molecular flexibility index (Phi) is 2.40. The number of halogens is 1. The van der Waals surface area contributed by atoms with Crippen molar-refractivity contribution >= 4 is 11.1 Å². The van der Waals surface area contributed by atoms with Gasteiger partial charge in [0.15, 0.2) is 5.58 Å². The maximum absolute atomic E-state index is 13.8. The lowest BCUT2D eigenvalue weighted by Crippen LogP contribution is -1.85. The molecule has 3 rings (SSSR count). The Morgan fingerprint density at radius 2 is 1.72 bits per heavy atom. The largest absolute Gasteiger partial charge is 0.436 e. The van der Waals surface area contributed by atoms with Crippen molar-refractivity contribution in [2.75, 3.05) is 0 Å². The van der Waals surface area contributed by atoms with Crippen molar-refractivity contribution in [2.45, 2.75) is 13.8 Å². The Balaban J connectivity index is 2.22. The number of rotatable bonds is 1. The molecule has 90 valence electrons. The zero-order chi connectivity index (χ0) is 12.7. The van der Waals surface area contributed by atoms with Crippen LogP contribution in [-0.4, -0.2) is 4.98 Å². The fourth-order valence-corrected chi connectivity index (χ4v) is 1.96. The highest BCUT2D eigenvalue weighted by molar-refractivity contribution is 5.77. The van der Waals surface area contributed by atoms with E-state index >= 15 is 0 Å². The third-order valence-electron chi connectivity index (χ3n) is 2.90. The van der Waals surface area contributed by atoms with Crippen molar-refractivity contribution in [1.82, 2.24) is 4.98 Å². The first-order valence-corrected chi connectivity index (χ1v) is 5.77. The summed E-state index contributed by atoms with van der Waals surface area (Å²) < 4.78 is 19.4. The molecule has 0 N–H and O–H groups in total.